The summed E-state index contributed by atoms with van der Waals surface area (Å²) in [5.74, 6) is 1.46. The fraction of sp³-hybridized carbons (Fsp3) is 0.208. The monoisotopic (exact) mass is 501 g/mol. The second kappa shape index (κ2) is 11.7. The predicted molar refractivity (Wildman–Crippen MR) is 138 cm³/mol. The van der Waals surface area contributed by atoms with Crippen LogP contribution in [-0.2, 0) is 4.74 Å². The first-order valence-corrected chi connectivity index (χ1v) is 11.0. The van der Waals surface area contributed by atoms with Crippen molar-refractivity contribution in [3.05, 3.63) is 58.7 Å². The number of benzene rings is 2. The number of para-hydroxylation sites is 1. The van der Waals surface area contributed by atoms with Crippen molar-refractivity contribution in [3.63, 3.8) is 0 Å². The van der Waals surface area contributed by atoms with E-state index in [1.807, 2.05) is 37.3 Å². The quantitative estimate of drug-likeness (QED) is 0.331. The lowest BCUT2D eigenvalue weighted by molar-refractivity contribution is 0.215. The number of nitrogens with two attached hydrogens (primary N) is 1. The van der Waals surface area contributed by atoms with Crippen LogP contribution in [0, 0.1) is 0 Å². The van der Waals surface area contributed by atoms with Crippen molar-refractivity contribution in [2.24, 2.45) is 0 Å². The van der Waals surface area contributed by atoms with E-state index in [9.17, 15) is 0 Å². The topological polar surface area (TPSA) is 104 Å². The minimum atomic E-state index is 0.146. The zero-order chi connectivity index (χ0) is 24.7. The van der Waals surface area contributed by atoms with E-state index in [-0.39, 0.29) is 5.95 Å². The summed E-state index contributed by atoms with van der Waals surface area (Å²) in [6, 6.07) is 13.0. The molecule has 2 heterocycles. The van der Waals surface area contributed by atoms with Gasteiger partial charge in [0, 0.05) is 42.6 Å². The smallest absolute Gasteiger partial charge is 0.220 e. The fourth-order valence-corrected chi connectivity index (χ4v) is 3.73. The van der Waals surface area contributed by atoms with Gasteiger partial charge < -0.3 is 25.3 Å². The number of pyridine rings is 1. The Balaban J connectivity index is 0.000000751. The summed E-state index contributed by atoms with van der Waals surface area (Å²) in [5, 5.41) is 4.62. The SMILES string of the molecule is CCOC.COc1cc(OC)c(Cl)c(-c2cc3cnc(N)nc3c(Nc3ccccc3)n2)c1Cl. The molecule has 34 heavy (non-hydrogen) atoms. The average molecular weight is 502 g/mol. The Bertz CT molecular complexity index is 1240. The number of rotatable bonds is 6. The summed E-state index contributed by atoms with van der Waals surface area (Å²) < 4.78 is 15.3. The lowest BCUT2D eigenvalue weighted by Gasteiger charge is -2.16. The highest BCUT2D eigenvalue weighted by Crippen LogP contribution is 2.46. The third-order valence-electron chi connectivity index (χ3n) is 4.74. The Hall–Kier alpha value is -3.33. The Morgan fingerprint density at radius 3 is 2.12 bits per heavy atom. The number of nitrogens with zero attached hydrogens (tertiary/aromatic N) is 3. The van der Waals surface area contributed by atoms with Crippen LogP contribution < -0.4 is 20.5 Å². The van der Waals surface area contributed by atoms with Gasteiger partial charge in [-0.3, -0.25) is 0 Å². The van der Waals surface area contributed by atoms with Crippen LogP contribution in [-0.4, -0.2) is 42.9 Å². The number of hydrogen-bond acceptors (Lipinski definition) is 8. The van der Waals surface area contributed by atoms with Gasteiger partial charge in [-0.25, -0.2) is 15.0 Å². The van der Waals surface area contributed by atoms with Crippen LogP contribution in [0.5, 0.6) is 11.5 Å². The minimum absolute atomic E-state index is 0.146. The highest BCUT2D eigenvalue weighted by atomic mass is 35.5. The van der Waals surface area contributed by atoms with Gasteiger partial charge in [-0.1, -0.05) is 41.4 Å². The molecule has 0 saturated heterocycles. The number of halogens is 2. The average Bonchev–Trinajstić information content (AvgIpc) is 2.85. The summed E-state index contributed by atoms with van der Waals surface area (Å²) in [5.41, 5.74) is 8.19. The van der Waals surface area contributed by atoms with E-state index >= 15 is 0 Å². The number of methoxy groups -OCH3 is 3. The number of anilines is 3. The molecule has 0 radical (unpaired) electrons. The van der Waals surface area contributed by atoms with E-state index in [0.29, 0.717) is 49.5 Å². The second-order valence-electron chi connectivity index (χ2n) is 6.87. The van der Waals surface area contributed by atoms with Crippen molar-refractivity contribution >= 4 is 51.6 Å². The first-order chi connectivity index (χ1) is 16.4. The van der Waals surface area contributed by atoms with E-state index < -0.39 is 0 Å². The maximum Gasteiger partial charge on any atom is 0.220 e. The maximum absolute atomic E-state index is 6.59. The van der Waals surface area contributed by atoms with Crippen LogP contribution >= 0.6 is 23.2 Å². The molecule has 0 aliphatic carbocycles. The zero-order valence-corrected chi connectivity index (χ0v) is 20.7. The molecule has 0 unspecified atom stereocenters. The van der Waals surface area contributed by atoms with Crippen molar-refractivity contribution in [3.8, 4) is 22.8 Å². The third-order valence-corrected chi connectivity index (χ3v) is 5.49. The minimum Gasteiger partial charge on any atom is -0.495 e. The van der Waals surface area contributed by atoms with Gasteiger partial charge >= 0.3 is 0 Å². The molecule has 10 heteroatoms. The van der Waals surface area contributed by atoms with Gasteiger partial charge in [0.1, 0.15) is 17.0 Å². The second-order valence-corrected chi connectivity index (χ2v) is 7.63. The molecule has 0 saturated carbocycles. The van der Waals surface area contributed by atoms with E-state index in [0.717, 1.165) is 12.3 Å². The van der Waals surface area contributed by atoms with Crippen LogP contribution in [0.25, 0.3) is 22.2 Å². The molecule has 3 N–H and O–H groups in total. The van der Waals surface area contributed by atoms with Crippen LogP contribution in [0.15, 0.2) is 48.7 Å². The largest absolute Gasteiger partial charge is 0.495 e. The molecule has 0 aliphatic rings. The molecular formula is C24H25Cl2N5O3. The predicted octanol–water partition coefficient (Wildman–Crippen LogP) is 5.99. The molecule has 8 nitrogen and oxygen atoms in total. The summed E-state index contributed by atoms with van der Waals surface area (Å²) in [4.78, 5) is 13.2. The standard InChI is InChI=1S/C21H17Cl2N5O2.C3H8O/c1-29-14-9-15(30-2)18(23)16(17(14)22)13-8-11-10-25-21(24)28-19(11)20(27-13)26-12-6-4-3-5-7-12;1-3-4-2/h3-10H,1-2H3,(H,26,27)(H2,24,25,28);3H2,1-2H3. The van der Waals surface area contributed by atoms with Crippen molar-refractivity contribution < 1.29 is 14.2 Å². The summed E-state index contributed by atoms with van der Waals surface area (Å²) in [6.07, 6.45) is 1.62. The molecule has 0 bridgehead atoms. The number of nitrogen functional groups attached to an aromatic ring is 1. The highest BCUT2D eigenvalue weighted by molar-refractivity contribution is 6.41. The molecule has 0 atom stereocenters. The lowest BCUT2D eigenvalue weighted by atomic mass is 10.1. The van der Waals surface area contributed by atoms with Gasteiger partial charge in [0.25, 0.3) is 0 Å². The normalized spacial score (nSPS) is 10.4. The zero-order valence-electron chi connectivity index (χ0n) is 19.2. The van der Waals surface area contributed by atoms with Crippen LogP contribution in [0.1, 0.15) is 6.92 Å². The summed E-state index contributed by atoms with van der Waals surface area (Å²) >= 11 is 13.2. The Morgan fingerprint density at radius 2 is 1.56 bits per heavy atom. The van der Waals surface area contributed by atoms with Crippen molar-refractivity contribution in [1.29, 1.82) is 0 Å². The molecule has 2 aromatic heterocycles. The van der Waals surface area contributed by atoms with Crippen LogP contribution in [0.4, 0.5) is 17.5 Å². The van der Waals surface area contributed by atoms with Gasteiger partial charge in [0.05, 0.1) is 30.0 Å². The lowest BCUT2D eigenvalue weighted by Crippen LogP contribution is -2.02. The summed E-state index contributed by atoms with van der Waals surface area (Å²) in [6.45, 7) is 2.78. The molecule has 4 aromatic rings. The number of aromatic nitrogens is 3. The number of fused-ring (bicyclic) bond motifs is 1. The maximum atomic E-state index is 6.59. The van der Waals surface area contributed by atoms with Gasteiger partial charge in [0.2, 0.25) is 5.95 Å². The number of ether oxygens (including phenoxy) is 3. The van der Waals surface area contributed by atoms with Gasteiger partial charge in [-0.05, 0) is 25.1 Å². The highest BCUT2D eigenvalue weighted by Gasteiger charge is 2.21. The van der Waals surface area contributed by atoms with E-state index in [1.165, 1.54) is 14.2 Å². The van der Waals surface area contributed by atoms with E-state index in [2.05, 4.69) is 20.0 Å². The molecule has 178 valence electrons. The Morgan fingerprint density at radius 1 is 0.941 bits per heavy atom. The Labute approximate surface area is 208 Å². The fourth-order valence-electron chi connectivity index (χ4n) is 3.04. The molecule has 0 aliphatic heterocycles. The molecule has 0 spiro atoms. The van der Waals surface area contributed by atoms with Crippen molar-refractivity contribution in [1.82, 2.24) is 15.0 Å². The summed E-state index contributed by atoms with van der Waals surface area (Å²) in [7, 11) is 4.72. The Kier molecular flexibility index (Phi) is 8.70. The number of nitrogens with one attached hydrogen (secondary N) is 1. The van der Waals surface area contributed by atoms with Crippen molar-refractivity contribution in [2.45, 2.75) is 6.92 Å². The first kappa shape index (κ1) is 25.3. The van der Waals surface area contributed by atoms with E-state index in [1.54, 1.807) is 25.4 Å². The van der Waals surface area contributed by atoms with Gasteiger partial charge in [-0.2, -0.15) is 0 Å². The van der Waals surface area contributed by atoms with Crippen molar-refractivity contribution in [2.75, 3.05) is 39.0 Å². The molecule has 0 fully saturated rings. The van der Waals surface area contributed by atoms with Gasteiger partial charge in [-0.15, -0.1) is 0 Å². The molecule has 4 rings (SSSR count). The first-order valence-electron chi connectivity index (χ1n) is 10.3. The van der Waals surface area contributed by atoms with Crippen LogP contribution in [0.2, 0.25) is 10.0 Å². The molecule has 0 amide bonds. The van der Waals surface area contributed by atoms with Gasteiger partial charge in [0.15, 0.2) is 5.82 Å². The number of hydrogen-bond donors (Lipinski definition) is 2. The van der Waals surface area contributed by atoms with Crippen LogP contribution in [0.3, 0.4) is 0 Å². The molecular weight excluding hydrogens is 477 g/mol. The van der Waals surface area contributed by atoms with E-state index in [4.69, 9.17) is 43.4 Å². The third kappa shape index (κ3) is 5.59. The molecule has 2 aromatic carbocycles.